The van der Waals surface area contributed by atoms with Crippen molar-refractivity contribution in [1.82, 2.24) is 9.55 Å². The van der Waals surface area contributed by atoms with Crippen molar-refractivity contribution < 1.29 is 0 Å². The second-order valence-corrected chi connectivity index (χ2v) is 5.68. The molecule has 0 atom stereocenters. The highest BCUT2D eigenvalue weighted by molar-refractivity contribution is 9.10. The molecule has 0 aliphatic carbocycles. The van der Waals surface area contributed by atoms with Gasteiger partial charge in [-0.3, -0.25) is 4.57 Å². The summed E-state index contributed by atoms with van der Waals surface area (Å²) < 4.78 is 3.96. The molecule has 2 nitrogen and oxygen atoms in total. The van der Waals surface area contributed by atoms with Crippen LogP contribution in [0.2, 0.25) is 0 Å². The molecule has 0 radical (unpaired) electrons. The SMILES string of the molecule is Cc1cc(-n2c(C(C)C)c[nH]c2=S)ccc1Br. The van der Waals surface area contributed by atoms with Gasteiger partial charge in [0.25, 0.3) is 0 Å². The fourth-order valence-corrected chi connectivity index (χ4v) is 2.36. The number of nitrogens with zero attached hydrogens (tertiary/aromatic N) is 1. The van der Waals surface area contributed by atoms with Gasteiger partial charge in [-0.15, -0.1) is 0 Å². The number of hydrogen-bond acceptors (Lipinski definition) is 1. The zero-order valence-corrected chi connectivity index (χ0v) is 12.5. The monoisotopic (exact) mass is 310 g/mol. The first-order valence-electron chi connectivity index (χ1n) is 5.57. The first kappa shape index (κ1) is 12.6. The number of aromatic nitrogens is 2. The lowest BCUT2D eigenvalue weighted by Crippen LogP contribution is -2.02. The summed E-state index contributed by atoms with van der Waals surface area (Å²) in [5.41, 5.74) is 3.53. The van der Waals surface area contributed by atoms with Crippen LogP contribution in [-0.4, -0.2) is 9.55 Å². The van der Waals surface area contributed by atoms with Crippen LogP contribution in [0, 0.1) is 11.7 Å². The minimum atomic E-state index is 0.437. The van der Waals surface area contributed by atoms with E-state index in [1.54, 1.807) is 0 Å². The molecule has 0 saturated carbocycles. The minimum Gasteiger partial charge on any atom is -0.337 e. The van der Waals surface area contributed by atoms with Crippen LogP contribution in [0.15, 0.2) is 28.9 Å². The van der Waals surface area contributed by atoms with Gasteiger partial charge in [0.2, 0.25) is 0 Å². The number of imidazole rings is 1. The summed E-state index contributed by atoms with van der Waals surface area (Å²) in [5.74, 6) is 0.437. The van der Waals surface area contributed by atoms with Crippen LogP contribution in [-0.2, 0) is 0 Å². The molecule has 1 heterocycles. The van der Waals surface area contributed by atoms with Crippen LogP contribution >= 0.6 is 28.1 Å². The van der Waals surface area contributed by atoms with Gasteiger partial charge in [0.05, 0.1) is 0 Å². The Morgan fingerprint density at radius 2 is 2.06 bits per heavy atom. The van der Waals surface area contributed by atoms with E-state index in [-0.39, 0.29) is 0 Å². The maximum absolute atomic E-state index is 5.35. The molecule has 0 aliphatic rings. The Morgan fingerprint density at radius 1 is 1.35 bits per heavy atom. The number of H-pyrrole nitrogens is 1. The van der Waals surface area contributed by atoms with E-state index in [2.05, 4.69) is 64.5 Å². The van der Waals surface area contributed by atoms with Gasteiger partial charge in [-0.25, -0.2) is 0 Å². The normalized spacial score (nSPS) is 11.1. The molecule has 4 heteroatoms. The van der Waals surface area contributed by atoms with Crippen LogP contribution in [0.3, 0.4) is 0 Å². The number of benzene rings is 1. The summed E-state index contributed by atoms with van der Waals surface area (Å²) in [6, 6.07) is 6.27. The van der Waals surface area contributed by atoms with E-state index >= 15 is 0 Å². The summed E-state index contributed by atoms with van der Waals surface area (Å²) in [4.78, 5) is 3.12. The van der Waals surface area contributed by atoms with Crippen LogP contribution in [0.5, 0.6) is 0 Å². The van der Waals surface area contributed by atoms with Crippen LogP contribution in [0.25, 0.3) is 5.69 Å². The van der Waals surface area contributed by atoms with E-state index in [9.17, 15) is 0 Å². The Bertz CT molecular complexity index is 596. The molecule has 0 fully saturated rings. The smallest absolute Gasteiger partial charge is 0.182 e. The van der Waals surface area contributed by atoms with E-state index in [1.165, 1.54) is 11.3 Å². The molecular weight excluding hydrogens is 296 g/mol. The van der Waals surface area contributed by atoms with E-state index in [1.807, 2.05) is 6.20 Å². The molecule has 0 bridgehead atoms. The van der Waals surface area contributed by atoms with Crippen molar-refractivity contribution in [3.8, 4) is 5.69 Å². The number of hydrogen-bond donors (Lipinski definition) is 1. The topological polar surface area (TPSA) is 20.7 Å². The molecule has 0 spiro atoms. The Morgan fingerprint density at radius 3 is 2.65 bits per heavy atom. The highest BCUT2D eigenvalue weighted by Gasteiger charge is 2.10. The van der Waals surface area contributed by atoms with Crippen molar-refractivity contribution in [2.75, 3.05) is 0 Å². The number of rotatable bonds is 2. The van der Waals surface area contributed by atoms with Crippen molar-refractivity contribution >= 4 is 28.1 Å². The highest BCUT2D eigenvalue weighted by Crippen LogP contribution is 2.23. The average Bonchev–Trinajstić information content (AvgIpc) is 2.64. The van der Waals surface area contributed by atoms with Crippen molar-refractivity contribution in [2.45, 2.75) is 26.7 Å². The molecule has 0 unspecified atom stereocenters. The fourth-order valence-electron chi connectivity index (χ4n) is 1.84. The number of aromatic amines is 1. The maximum atomic E-state index is 5.35. The van der Waals surface area contributed by atoms with Gasteiger partial charge in [-0.1, -0.05) is 29.8 Å². The lowest BCUT2D eigenvalue weighted by molar-refractivity contribution is 0.783. The molecule has 0 aliphatic heterocycles. The van der Waals surface area contributed by atoms with E-state index in [0.717, 1.165) is 14.9 Å². The number of aryl methyl sites for hydroxylation is 1. The molecule has 90 valence electrons. The van der Waals surface area contributed by atoms with Crippen LogP contribution < -0.4 is 0 Å². The van der Waals surface area contributed by atoms with E-state index in [4.69, 9.17) is 12.2 Å². The van der Waals surface area contributed by atoms with Gasteiger partial charge in [0, 0.05) is 22.1 Å². The number of nitrogens with one attached hydrogen (secondary N) is 1. The fraction of sp³-hybridized carbons (Fsp3) is 0.308. The molecule has 1 aromatic heterocycles. The van der Waals surface area contributed by atoms with Crippen LogP contribution in [0.4, 0.5) is 0 Å². The minimum absolute atomic E-state index is 0.437. The van der Waals surface area contributed by atoms with Crippen molar-refractivity contribution in [1.29, 1.82) is 0 Å². The first-order chi connectivity index (χ1) is 8.00. The number of halogens is 1. The van der Waals surface area contributed by atoms with Gasteiger partial charge >= 0.3 is 0 Å². The third-order valence-corrected chi connectivity index (χ3v) is 3.99. The lowest BCUT2D eigenvalue weighted by Gasteiger charge is -2.12. The van der Waals surface area contributed by atoms with E-state index < -0.39 is 0 Å². The third kappa shape index (κ3) is 2.38. The van der Waals surface area contributed by atoms with Gasteiger partial charge in [0.1, 0.15) is 0 Å². The molecule has 2 rings (SSSR count). The molecule has 17 heavy (non-hydrogen) atoms. The Balaban J connectivity index is 2.63. The first-order valence-corrected chi connectivity index (χ1v) is 6.77. The molecule has 2 aromatic rings. The third-order valence-electron chi connectivity index (χ3n) is 2.80. The standard InChI is InChI=1S/C13H15BrN2S/c1-8(2)12-7-15-13(17)16(12)10-4-5-11(14)9(3)6-10/h4-8H,1-3H3,(H,15,17). The van der Waals surface area contributed by atoms with Crippen molar-refractivity contribution in [3.05, 3.63) is 44.9 Å². The van der Waals surface area contributed by atoms with Crippen molar-refractivity contribution in [3.63, 3.8) is 0 Å². The second-order valence-electron chi connectivity index (χ2n) is 4.44. The zero-order chi connectivity index (χ0) is 12.6. The molecule has 1 aromatic carbocycles. The maximum Gasteiger partial charge on any atom is 0.182 e. The van der Waals surface area contributed by atoms with Gasteiger partial charge in [-0.2, -0.15) is 0 Å². The molecular formula is C13H15BrN2S. The average molecular weight is 311 g/mol. The molecule has 0 saturated heterocycles. The predicted molar refractivity (Wildman–Crippen MR) is 77.5 cm³/mol. The lowest BCUT2D eigenvalue weighted by atomic mass is 10.1. The summed E-state index contributed by atoms with van der Waals surface area (Å²) in [6.07, 6.45) is 1.99. The van der Waals surface area contributed by atoms with Gasteiger partial charge in [-0.05, 0) is 48.8 Å². The van der Waals surface area contributed by atoms with E-state index in [0.29, 0.717) is 5.92 Å². The highest BCUT2D eigenvalue weighted by atomic mass is 79.9. The van der Waals surface area contributed by atoms with Crippen molar-refractivity contribution in [2.24, 2.45) is 0 Å². The van der Waals surface area contributed by atoms with Gasteiger partial charge < -0.3 is 4.98 Å². The molecule has 1 N–H and O–H groups in total. The Labute approximate surface area is 115 Å². The Hall–Kier alpha value is -0.870. The van der Waals surface area contributed by atoms with Crippen LogP contribution in [0.1, 0.15) is 31.0 Å². The predicted octanol–water partition coefficient (Wildman–Crippen LogP) is 4.73. The molecule has 0 amide bonds. The summed E-state index contributed by atoms with van der Waals surface area (Å²) in [7, 11) is 0. The summed E-state index contributed by atoms with van der Waals surface area (Å²) in [5, 5.41) is 0. The Kier molecular flexibility index (Phi) is 3.54. The summed E-state index contributed by atoms with van der Waals surface area (Å²) in [6.45, 7) is 6.42. The second kappa shape index (κ2) is 4.78. The quantitative estimate of drug-likeness (QED) is 0.795. The van der Waals surface area contributed by atoms with Gasteiger partial charge in [0.15, 0.2) is 4.77 Å². The largest absolute Gasteiger partial charge is 0.337 e. The zero-order valence-electron chi connectivity index (χ0n) is 10.1. The summed E-state index contributed by atoms with van der Waals surface area (Å²) >= 11 is 8.86.